The lowest BCUT2D eigenvalue weighted by Gasteiger charge is -2.25. The maximum atomic E-state index is 13.7. The van der Waals surface area contributed by atoms with Crippen LogP contribution in [0.15, 0.2) is 42.5 Å². The van der Waals surface area contributed by atoms with Crippen molar-refractivity contribution in [2.24, 2.45) is 0 Å². The standard InChI is InChI=1S/C29H35ClN4O2S/c1-17(2)31-23(35)15-33-24(36)16-37-26(20-11-9-12-21(30)14-20)25-27(29(5,6)7)32-34(28(25)33)22-13-8-10-18(3)19(22)4/h8-14,17,26H,15-16H2,1-7H3,(H,31,35). The monoisotopic (exact) mass is 538 g/mol. The predicted molar refractivity (Wildman–Crippen MR) is 153 cm³/mol. The van der Waals surface area contributed by atoms with E-state index in [2.05, 4.69) is 46.0 Å². The molecule has 0 bridgehead atoms. The van der Waals surface area contributed by atoms with Crippen molar-refractivity contribution in [3.8, 4) is 5.69 Å². The number of aryl methyl sites for hydroxylation is 1. The van der Waals surface area contributed by atoms with Gasteiger partial charge in [0, 0.05) is 22.0 Å². The van der Waals surface area contributed by atoms with Gasteiger partial charge in [0.2, 0.25) is 11.8 Å². The highest BCUT2D eigenvalue weighted by molar-refractivity contribution is 8.00. The fourth-order valence-corrected chi connectivity index (χ4v) is 6.04. The summed E-state index contributed by atoms with van der Waals surface area (Å²) < 4.78 is 1.88. The molecule has 6 nitrogen and oxygen atoms in total. The van der Waals surface area contributed by atoms with E-state index in [4.69, 9.17) is 16.7 Å². The normalized spacial score (nSPS) is 16.1. The first-order valence-electron chi connectivity index (χ1n) is 12.5. The fourth-order valence-electron chi connectivity index (χ4n) is 4.65. The summed E-state index contributed by atoms with van der Waals surface area (Å²) in [7, 11) is 0. The topological polar surface area (TPSA) is 67.2 Å². The van der Waals surface area contributed by atoms with Gasteiger partial charge in [-0.1, -0.05) is 56.6 Å². The molecule has 1 N–H and O–H groups in total. The number of aromatic nitrogens is 2. The first kappa shape index (κ1) is 27.3. The fraction of sp³-hybridized carbons (Fsp3) is 0.414. The minimum absolute atomic E-state index is 0.0308. The minimum atomic E-state index is -0.316. The number of rotatable bonds is 5. The Morgan fingerprint density at radius 2 is 1.89 bits per heavy atom. The largest absolute Gasteiger partial charge is 0.352 e. The van der Waals surface area contributed by atoms with Crippen molar-refractivity contribution < 1.29 is 9.59 Å². The van der Waals surface area contributed by atoms with Crippen LogP contribution in [0.3, 0.4) is 0 Å². The molecule has 37 heavy (non-hydrogen) atoms. The zero-order chi connectivity index (χ0) is 27.1. The van der Waals surface area contributed by atoms with Crippen LogP contribution in [0.4, 0.5) is 5.82 Å². The van der Waals surface area contributed by atoms with Gasteiger partial charge < -0.3 is 5.32 Å². The number of amides is 2. The molecule has 1 atom stereocenters. The van der Waals surface area contributed by atoms with Gasteiger partial charge in [-0.05, 0) is 62.6 Å². The van der Waals surface area contributed by atoms with Crippen molar-refractivity contribution in [3.63, 3.8) is 0 Å². The highest BCUT2D eigenvalue weighted by Gasteiger charge is 2.40. The molecule has 0 radical (unpaired) electrons. The summed E-state index contributed by atoms with van der Waals surface area (Å²) in [5.41, 5.74) is 5.63. The molecule has 0 fully saturated rings. The Morgan fingerprint density at radius 1 is 1.19 bits per heavy atom. The second kappa shape index (κ2) is 10.5. The zero-order valence-corrected chi connectivity index (χ0v) is 24.1. The number of fused-ring (bicyclic) bond motifs is 1. The van der Waals surface area contributed by atoms with Gasteiger partial charge in [0.15, 0.2) is 0 Å². The van der Waals surface area contributed by atoms with E-state index >= 15 is 0 Å². The lowest BCUT2D eigenvalue weighted by Crippen LogP contribution is -2.44. The first-order chi connectivity index (χ1) is 17.4. The Labute approximate surface area is 228 Å². The van der Waals surface area contributed by atoms with Crippen molar-refractivity contribution in [2.75, 3.05) is 17.2 Å². The molecule has 2 amide bonds. The molecule has 2 heterocycles. The van der Waals surface area contributed by atoms with Crippen LogP contribution in [-0.2, 0) is 15.0 Å². The third-order valence-electron chi connectivity index (χ3n) is 6.51. The number of nitrogens with one attached hydrogen (secondary N) is 1. The molecule has 0 aliphatic carbocycles. The van der Waals surface area contributed by atoms with Crippen LogP contribution >= 0.6 is 23.4 Å². The van der Waals surface area contributed by atoms with Crippen molar-refractivity contribution in [1.29, 1.82) is 0 Å². The van der Waals surface area contributed by atoms with Gasteiger partial charge in [-0.3, -0.25) is 14.5 Å². The highest BCUT2D eigenvalue weighted by Crippen LogP contribution is 2.48. The number of hydrogen-bond donors (Lipinski definition) is 1. The Kier molecular flexibility index (Phi) is 7.77. The lowest BCUT2D eigenvalue weighted by atomic mass is 9.87. The number of carbonyl (C=O) groups excluding carboxylic acids is 2. The molecule has 8 heteroatoms. The van der Waals surface area contributed by atoms with Crippen LogP contribution in [0.5, 0.6) is 0 Å². The third-order valence-corrected chi connectivity index (χ3v) is 8.00. The predicted octanol–water partition coefficient (Wildman–Crippen LogP) is 6.13. The molecule has 1 aliphatic heterocycles. The summed E-state index contributed by atoms with van der Waals surface area (Å²) in [5, 5.41) is 8.58. The smallest absolute Gasteiger partial charge is 0.240 e. The number of carbonyl (C=O) groups is 2. The molecular weight excluding hydrogens is 504 g/mol. The molecule has 0 spiro atoms. The molecule has 0 saturated heterocycles. The van der Waals surface area contributed by atoms with Crippen LogP contribution < -0.4 is 10.2 Å². The number of halogens is 1. The van der Waals surface area contributed by atoms with Crippen LogP contribution in [0, 0.1) is 13.8 Å². The van der Waals surface area contributed by atoms with E-state index < -0.39 is 0 Å². The molecule has 196 valence electrons. The minimum Gasteiger partial charge on any atom is -0.352 e. The van der Waals surface area contributed by atoms with Gasteiger partial charge >= 0.3 is 0 Å². The number of anilines is 1. The number of benzene rings is 2. The molecule has 1 unspecified atom stereocenters. The van der Waals surface area contributed by atoms with E-state index in [0.717, 1.165) is 33.6 Å². The third kappa shape index (κ3) is 5.58. The van der Waals surface area contributed by atoms with Crippen molar-refractivity contribution in [3.05, 3.63) is 75.4 Å². The molecule has 0 saturated carbocycles. The molecular formula is C29H35ClN4O2S. The average molecular weight is 539 g/mol. The van der Waals surface area contributed by atoms with Gasteiger partial charge in [0.25, 0.3) is 0 Å². The number of thioether (sulfide) groups is 1. The Balaban J connectivity index is 2.05. The lowest BCUT2D eigenvalue weighted by molar-refractivity contribution is -0.123. The Bertz CT molecular complexity index is 1340. The second-order valence-corrected chi connectivity index (χ2v) is 12.4. The molecule has 2 aromatic carbocycles. The van der Waals surface area contributed by atoms with Gasteiger partial charge in [-0.15, -0.1) is 11.8 Å². The van der Waals surface area contributed by atoms with E-state index in [1.807, 2.05) is 54.9 Å². The van der Waals surface area contributed by atoms with Crippen LogP contribution in [0.25, 0.3) is 5.69 Å². The van der Waals surface area contributed by atoms with Crippen molar-refractivity contribution in [1.82, 2.24) is 15.1 Å². The van der Waals surface area contributed by atoms with E-state index in [9.17, 15) is 9.59 Å². The summed E-state index contributed by atoms with van der Waals surface area (Å²) >= 11 is 7.97. The van der Waals surface area contributed by atoms with Crippen molar-refractivity contribution >= 4 is 41.0 Å². The van der Waals surface area contributed by atoms with E-state index in [1.165, 1.54) is 0 Å². The summed E-state index contributed by atoms with van der Waals surface area (Å²) in [5.74, 6) is 0.558. The number of nitrogens with zero attached hydrogens (tertiary/aromatic N) is 3. The average Bonchev–Trinajstić information content (AvgIpc) is 3.13. The van der Waals surface area contributed by atoms with Gasteiger partial charge in [-0.25, -0.2) is 4.68 Å². The first-order valence-corrected chi connectivity index (χ1v) is 14.0. The molecule has 1 aliphatic rings. The van der Waals surface area contributed by atoms with Gasteiger partial charge in [-0.2, -0.15) is 5.10 Å². The zero-order valence-electron chi connectivity index (χ0n) is 22.6. The van der Waals surface area contributed by atoms with Crippen molar-refractivity contribution in [2.45, 2.75) is 65.2 Å². The quantitative estimate of drug-likeness (QED) is 0.424. The Morgan fingerprint density at radius 3 is 2.54 bits per heavy atom. The SMILES string of the molecule is Cc1cccc(-n2nc(C(C)(C)C)c3c2N(CC(=O)NC(C)C)C(=O)CSC3c2cccc(Cl)c2)c1C. The van der Waals surface area contributed by atoms with Crippen LogP contribution in [0.2, 0.25) is 5.02 Å². The molecule has 3 aromatic rings. The number of hydrogen-bond acceptors (Lipinski definition) is 4. The van der Waals surface area contributed by atoms with Crippen LogP contribution in [-0.4, -0.2) is 39.9 Å². The summed E-state index contributed by atoms with van der Waals surface area (Å²) in [6.07, 6.45) is 0. The van der Waals surface area contributed by atoms with E-state index in [0.29, 0.717) is 10.8 Å². The van der Waals surface area contributed by atoms with Gasteiger partial charge in [0.05, 0.1) is 22.4 Å². The Hall–Kier alpha value is -2.77. The van der Waals surface area contributed by atoms with Gasteiger partial charge in [0.1, 0.15) is 12.4 Å². The second-order valence-electron chi connectivity index (χ2n) is 10.9. The van der Waals surface area contributed by atoms with Crippen LogP contribution in [0.1, 0.15) is 67.8 Å². The van der Waals surface area contributed by atoms with E-state index in [1.54, 1.807) is 16.7 Å². The summed E-state index contributed by atoms with van der Waals surface area (Å²) in [6.45, 7) is 14.3. The van der Waals surface area contributed by atoms with E-state index in [-0.39, 0.29) is 40.8 Å². The maximum absolute atomic E-state index is 13.7. The summed E-state index contributed by atoms with van der Waals surface area (Å²) in [6, 6.07) is 13.8. The highest BCUT2D eigenvalue weighted by atomic mass is 35.5. The molecule has 1 aromatic heterocycles. The maximum Gasteiger partial charge on any atom is 0.240 e. The summed E-state index contributed by atoms with van der Waals surface area (Å²) in [4.78, 5) is 28.3. The molecule has 4 rings (SSSR count).